The van der Waals surface area contributed by atoms with Gasteiger partial charge in [0, 0.05) is 0 Å². The lowest BCUT2D eigenvalue weighted by molar-refractivity contribution is -0.150. The minimum atomic E-state index is -1.03. The van der Waals surface area contributed by atoms with Crippen LogP contribution in [0.15, 0.2) is 22.0 Å². The van der Waals surface area contributed by atoms with Gasteiger partial charge in [-0.2, -0.15) is 4.98 Å². The molecule has 0 radical (unpaired) electrons. The van der Waals surface area contributed by atoms with E-state index < -0.39 is 12.1 Å². The zero-order chi connectivity index (χ0) is 12.3. The summed E-state index contributed by atoms with van der Waals surface area (Å²) >= 11 is 1.50. The van der Waals surface area contributed by atoms with Crippen molar-refractivity contribution in [2.24, 2.45) is 0 Å². The van der Waals surface area contributed by atoms with Gasteiger partial charge in [-0.15, -0.1) is 11.3 Å². The standard InChI is InChI=1S/C10H10N2O4S/c1-6(10(13)14)15-5-8-11-9(12-16-8)7-3-2-4-17-7/h2-4,6H,5H2,1H3,(H,13,14)/t6-/m1/s1. The van der Waals surface area contributed by atoms with Crippen LogP contribution >= 0.6 is 11.3 Å². The first-order valence-electron chi connectivity index (χ1n) is 4.87. The second-order valence-corrected chi connectivity index (χ2v) is 4.23. The van der Waals surface area contributed by atoms with E-state index in [9.17, 15) is 4.79 Å². The van der Waals surface area contributed by atoms with Crippen LogP contribution in [0.3, 0.4) is 0 Å². The summed E-state index contributed by atoms with van der Waals surface area (Å²) in [6, 6.07) is 3.76. The van der Waals surface area contributed by atoms with Crippen molar-refractivity contribution in [2.75, 3.05) is 0 Å². The van der Waals surface area contributed by atoms with Crippen molar-refractivity contribution in [1.82, 2.24) is 10.1 Å². The first-order chi connectivity index (χ1) is 8.16. The van der Waals surface area contributed by atoms with Crippen molar-refractivity contribution in [1.29, 1.82) is 0 Å². The van der Waals surface area contributed by atoms with Crippen molar-refractivity contribution in [3.05, 3.63) is 23.4 Å². The van der Waals surface area contributed by atoms with E-state index in [4.69, 9.17) is 14.4 Å². The van der Waals surface area contributed by atoms with E-state index in [0.29, 0.717) is 5.82 Å². The average molecular weight is 254 g/mol. The third kappa shape index (κ3) is 2.89. The molecule has 6 nitrogen and oxygen atoms in total. The first kappa shape index (κ1) is 11.7. The van der Waals surface area contributed by atoms with Crippen molar-refractivity contribution < 1.29 is 19.2 Å². The predicted octanol–water partition coefficient (Wildman–Crippen LogP) is 1.79. The fourth-order valence-corrected chi connectivity index (χ4v) is 1.74. The van der Waals surface area contributed by atoms with Gasteiger partial charge >= 0.3 is 5.97 Å². The second kappa shape index (κ2) is 5.07. The van der Waals surface area contributed by atoms with Crippen molar-refractivity contribution in [3.8, 4) is 10.7 Å². The molecule has 0 bridgehead atoms. The van der Waals surface area contributed by atoms with Crippen LogP contribution < -0.4 is 0 Å². The zero-order valence-electron chi connectivity index (χ0n) is 8.99. The zero-order valence-corrected chi connectivity index (χ0v) is 9.81. The highest BCUT2D eigenvalue weighted by atomic mass is 32.1. The van der Waals surface area contributed by atoms with Crippen LogP contribution in [0.25, 0.3) is 10.7 Å². The van der Waals surface area contributed by atoms with Crippen molar-refractivity contribution >= 4 is 17.3 Å². The van der Waals surface area contributed by atoms with Gasteiger partial charge < -0.3 is 14.4 Å². The van der Waals surface area contributed by atoms with Crippen LogP contribution in [0.4, 0.5) is 0 Å². The number of carbonyl (C=O) groups is 1. The molecule has 0 aliphatic rings. The number of hydrogen-bond donors (Lipinski definition) is 1. The van der Waals surface area contributed by atoms with E-state index in [1.165, 1.54) is 18.3 Å². The SMILES string of the molecule is C[C@@H](OCc1nc(-c2cccs2)no1)C(=O)O. The molecule has 0 amide bonds. The fourth-order valence-electron chi connectivity index (χ4n) is 1.09. The summed E-state index contributed by atoms with van der Waals surface area (Å²) < 4.78 is 9.97. The van der Waals surface area contributed by atoms with E-state index in [-0.39, 0.29) is 12.5 Å². The van der Waals surface area contributed by atoms with Gasteiger partial charge in [-0.05, 0) is 18.4 Å². The van der Waals surface area contributed by atoms with Gasteiger partial charge in [-0.25, -0.2) is 4.79 Å². The minimum absolute atomic E-state index is 0.00809. The van der Waals surface area contributed by atoms with Gasteiger partial charge in [-0.1, -0.05) is 11.2 Å². The minimum Gasteiger partial charge on any atom is -0.479 e. The Kier molecular flexibility index (Phi) is 3.50. The van der Waals surface area contributed by atoms with Crippen LogP contribution in [-0.4, -0.2) is 27.3 Å². The summed E-state index contributed by atoms with van der Waals surface area (Å²) in [5.74, 6) is -0.272. The largest absolute Gasteiger partial charge is 0.479 e. The Labute approximate surface area is 101 Å². The summed E-state index contributed by atoms with van der Waals surface area (Å²) in [6.07, 6.45) is -0.896. The highest BCUT2D eigenvalue weighted by molar-refractivity contribution is 7.13. The van der Waals surface area contributed by atoms with Gasteiger partial charge in [-0.3, -0.25) is 0 Å². The van der Waals surface area contributed by atoms with Crippen molar-refractivity contribution in [3.63, 3.8) is 0 Å². The molecular formula is C10H10N2O4S. The molecule has 2 aromatic rings. The Balaban J connectivity index is 1.97. The number of rotatable bonds is 5. The number of aromatic nitrogens is 2. The summed E-state index contributed by atoms with van der Waals surface area (Å²) in [4.78, 5) is 15.5. The maximum absolute atomic E-state index is 10.5. The number of carboxylic acid groups (broad SMARTS) is 1. The Bertz CT molecular complexity index is 494. The molecule has 0 saturated heterocycles. The Morgan fingerprint density at radius 2 is 2.53 bits per heavy atom. The molecule has 0 aliphatic carbocycles. The number of hydrogen-bond acceptors (Lipinski definition) is 6. The van der Waals surface area contributed by atoms with E-state index in [1.807, 2.05) is 17.5 Å². The maximum atomic E-state index is 10.5. The molecule has 1 N–H and O–H groups in total. The number of thiophene rings is 1. The van der Waals surface area contributed by atoms with Gasteiger partial charge in [0.2, 0.25) is 5.82 Å². The molecule has 0 aliphatic heterocycles. The molecule has 0 aromatic carbocycles. The smallest absolute Gasteiger partial charge is 0.332 e. The highest BCUT2D eigenvalue weighted by Gasteiger charge is 2.14. The molecule has 0 fully saturated rings. The molecule has 7 heteroatoms. The van der Waals surface area contributed by atoms with E-state index in [2.05, 4.69) is 10.1 Å². The van der Waals surface area contributed by atoms with Crippen LogP contribution in [-0.2, 0) is 16.1 Å². The van der Waals surface area contributed by atoms with Gasteiger partial charge in [0.1, 0.15) is 6.61 Å². The van der Waals surface area contributed by atoms with E-state index >= 15 is 0 Å². The molecule has 90 valence electrons. The van der Waals surface area contributed by atoms with E-state index in [1.54, 1.807) is 0 Å². The molecule has 2 rings (SSSR count). The summed E-state index contributed by atoms with van der Waals surface area (Å²) in [5, 5.41) is 14.3. The van der Waals surface area contributed by atoms with Crippen molar-refractivity contribution in [2.45, 2.75) is 19.6 Å². The van der Waals surface area contributed by atoms with Crippen LogP contribution in [0, 0.1) is 0 Å². The van der Waals surface area contributed by atoms with Gasteiger partial charge in [0.05, 0.1) is 4.88 Å². The Morgan fingerprint density at radius 1 is 1.71 bits per heavy atom. The second-order valence-electron chi connectivity index (χ2n) is 3.28. The molecule has 0 unspecified atom stereocenters. The number of carboxylic acids is 1. The van der Waals surface area contributed by atoms with Gasteiger partial charge in [0.25, 0.3) is 5.89 Å². The van der Waals surface area contributed by atoms with Crippen LogP contribution in [0.1, 0.15) is 12.8 Å². The molecule has 2 aromatic heterocycles. The third-order valence-electron chi connectivity index (χ3n) is 2.01. The lowest BCUT2D eigenvalue weighted by Gasteiger charge is -2.04. The molecule has 2 heterocycles. The summed E-state index contributed by atoms with van der Waals surface area (Å²) in [5.41, 5.74) is 0. The molecule has 1 atom stereocenters. The van der Waals surface area contributed by atoms with E-state index in [0.717, 1.165) is 4.88 Å². The highest BCUT2D eigenvalue weighted by Crippen LogP contribution is 2.21. The Morgan fingerprint density at radius 3 is 3.18 bits per heavy atom. The lowest BCUT2D eigenvalue weighted by atomic mass is 10.4. The average Bonchev–Trinajstić information content (AvgIpc) is 2.95. The summed E-state index contributed by atoms with van der Waals surface area (Å²) in [7, 11) is 0. The third-order valence-corrected chi connectivity index (χ3v) is 2.88. The van der Waals surface area contributed by atoms with Crippen LogP contribution in [0.2, 0.25) is 0 Å². The first-order valence-corrected chi connectivity index (χ1v) is 5.75. The van der Waals surface area contributed by atoms with Gasteiger partial charge in [0.15, 0.2) is 6.10 Å². The van der Waals surface area contributed by atoms with Crippen LogP contribution in [0.5, 0.6) is 0 Å². The number of aliphatic carboxylic acids is 1. The normalized spacial score (nSPS) is 12.5. The lowest BCUT2D eigenvalue weighted by Crippen LogP contribution is -2.19. The molecule has 17 heavy (non-hydrogen) atoms. The molecular weight excluding hydrogens is 244 g/mol. The predicted molar refractivity (Wildman–Crippen MR) is 59.5 cm³/mol. The number of ether oxygens (including phenoxy) is 1. The summed E-state index contributed by atoms with van der Waals surface area (Å²) in [6.45, 7) is 1.44. The molecule has 0 spiro atoms. The maximum Gasteiger partial charge on any atom is 0.332 e. The quantitative estimate of drug-likeness (QED) is 0.875. The monoisotopic (exact) mass is 254 g/mol. The topological polar surface area (TPSA) is 85.5 Å². The molecule has 0 saturated carbocycles. The Hall–Kier alpha value is -1.73. The number of nitrogens with zero attached hydrogens (tertiary/aromatic N) is 2. The fraction of sp³-hybridized carbons (Fsp3) is 0.300.